The maximum Gasteiger partial charge on any atom is 0.191 e. The van der Waals surface area contributed by atoms with Crippen LogP contribution in [0.2, 0.25) is 0 Å². The first-order chi connectivity index (χ1) is 16.2. The molecular weight excluding hydrogens is 436 g/mol. The molecule has 8 nitrogen and oxygen atoms in total. The Morgan fingerprint density at radius 1 is 1.24 bits per heavy atom. The van der Waals surface area contributed by atoms with Gasteiger partial charge in [-0.3, -0.25) is 4.68 Å². The van der Waals surface area contributed by atoms with E-state index in [0.717, 1.165) is 34.7 Å². The summed E-state index contributed by atoms with van der Waals surface area (Å²) in [6.07, 6.45) is 6.03. The highest BCUT2D eigenvalue weighted by Crippen LogP contribution is 2.36. The summed E-state index contributed by atoms with van der Waals surface area (Å²) in [7, 11) is 3.85. The van der Waals surface area contributed by atoms with Crippen LogP contribution >= 0.6 is 11.9 Å². The average Bonchev–Trinajstić information content (AvgIpc) is 3.52. The molecule has 1 aliphatic heterocycles. The number of nitrogens with zero attached hydrogens (tertiary/aromatic N) is 4. The van der Waals surface area contributed by atoms with E-state index >= 15 is 0 Å². The molecule has 2 aromatic heterocycles. The summed E-state index contributed by atoms with van der Waals surface area (Å²) >= 11 is 1.52. The lowest BCUT2D eigenvalue weighted by atomic mass is 10.0. The summed E-state index contributed by atoms with van der Waals surface area (Å²) in [5, 5.41) is 12.8. The Kier molecular flexibility index (Phi) is 6.41. The van der Waals surface area contributed by atoms with Gasteiger partial charge in [0.2, 0.25) is 0 Å². The molecule has 1 aliphatic rings. The Morgan fingerprint density at radius 3 is 2.91 bits per heavy atom. The number of hydrogen-bond acceptors (Lipinski definition) is 8. The van der Waals surface area contributed by atoms with Gasteiger partial charge in [0.15, 0.2) is 11.4 Å². The molecule has 9 heteroatoms. The molecule has 2 N–H and O–H groups in total. The van der Waals surface area contributed by atoms with Gasteiger partial charge in [-0.15, -0.1) is 0 Å². The number of hydrogen-bond donors (Lipinski definition) is 2. The molecule has 0 spiro atoms. The standard InChI is InChI=1S/C24H28N6O2S/c1-29(18-7-10-25-11-8-18)19-5-3-6-20(15-19)33-28-24-23-21(31-2)13-17(14-22(23)32-27-24)16-30-12-4-9-26-30/h3-6,9,12-15,18,25H,7-8,10-11,16H2,1-2H3,(H,27,28). The van der Waals surface area contributed by atoms with E-state index in [4.69, 9.17) is 9.26 Å². The molecule has 0 aliphatic carbocycles. The number of piperidine rings is 1. The predicted octanol–water partition coefficient (Wildman–Crippen LogP) is 4.39. The van der Waals surface area contributed by atoms with Crippen LogP contribution in [-0.4, -0.2) is 48.2 Å². The summed E-state index contributed by atoms with van der Waals surface area (Å²) in [5.41, 5.74) is 2.94. The highest BCUT2D eigenvalue weighted by molar-refractivity contribution is 8.00. The van der Waals surface area contributed by atoms with Crippen molar-refractivity contribution in [3.8, 4) is 5.75 Å². The van der Waals surface area contributed by atoms with Crippen LogP contribution in [0.15, 0.2) is 64.3 Å². The van der Waals surface area contributed by atoms with E-state index in [9.17, 15) is 0 Å². The number of fused-ring (bicyclic) bond motifs is 1. The zero-order valence-electron chi connectivity index (χ0n) is 18.8. The summed E-state index contributed by atoms with van der Waals surface area (Å²) in [5.74, 6) is 1.37. The number of methoxy groups -OCH3 is 1. The summed E-state index contributed by atoms with van der Waals surface area (Å²) in [6, 6.07) is 15.0. The zero-order valence-corrected chi connectivity index (χ0v) is 19.6. The number of ether oxygens (including phenoxy) is 1. The first-order valence-electron chi connectivity index (χ1n) is 11.1. The Labute approximate surface area is 197 Å². The third-order valence-corrected chi connectivity index (χ3v) is 6.85. The van der Waals surface area contributed by atoms with Crippen LogP contribution < -0.4 is 19.7 Å². The van der Waals surface area contributed by atoms with Crippen molar-refractivity contribution < 1.29 is 9.26 Å². The van der Waals surface area contributed by atoms with Gasteiger partial charge < -0.3 is 24.2 Å². The van der Waals surface area contributed by atoms with Gasteiger partial charge in [0.1, 0.15) is 11.1 Å². The minimum Gasteiger partial charge on any atom is -0.496 e. The SMILES string of the molecule is COc1cc(Cn2cccn2)cc2onc(NSc3cccc(N(C)C4CCNCC4)c3)c12. The molecule has 172 valence electrons. The van der Waals surface area contributed by atoms with E-state index in [2.05, 4.69) is 56.5 Å². The smallest absolute Gasteiger partial charge is 0.191 e. The minimum atomic E-state index is 0.569. The zero-order chi connectivity index (χ0) is 22.6. The first-order valence-corrected chi connectivity index (χ1v) is 11.9. The fourth-order valence-corrected chi connectivity index (χ4v) is 4.95. The van der Waals surface area contributed by atoms with Gasteiger partial charge in [0.25, 0.3) is 0 Å². The fraction of sp³-hybridized carbons (Fsp3) is 0.333. The van der Waals surface area contributed by atoms with Crippen molar-refractivity contribution in [3.05, 3.63) is 60.4 Å². The second kappa shape index (κ2) is 9.76. The predicted molar refractivity (Wildman–Crippen MR) is 132 cm³/mol. The van der Waals surface area contributed by atoms with Gasteiger partial charge in [-0.05, 0) is 79.8 Å². The highest BCUT2D eigenvalue weighted by Gasteiger charge is 2.19. The van der Waals surface area contributed by atoms with Gasteiger partial charge in [-0.2, -0.15) is 5.10 Å². The highest BCUT2D eigenvalue weighted by atomic mass is 32.2. The molecule has 0 unspecified atom stereocenters. The molecule has 1 saturated heterocycles. The molecule has 2 aromatic carbocycles. The molecule has 3 heterocycles. The maximum absolute atomic E-state index is 5.67. The van der Waals surface area contributed by atoms with E-state index < -0.39 is 0 Å². The van der Waals surface area contributed by atoms with Crippen molar-refractivity contribution in [2.45, 2.75) is 30.3 Å². The third-order valence-electron chi connectivity index (χ3n) is 6.07. The van der Waals surface area contributed by atoms with Gasteiger partial charge in [-0.25, -0.2) is 0 Å². The van der Waals surface area contributed by atoms with Crippen molar-refractivity contribution in [3.63, 3.8) is 0 Å². The fourth-order valence-electron chi connectivity index (χ4n) is 4.27. The summed E-state index contributed by atoms with van der Waals surface area (Å²) < 4.78 is 16.5. The second-order valence-electron chi connectivity index (χ2n) is 8.20. The van der Waals surface area contributed by atoms with Crippen molar-refractivity contribution >= 4 is 34.4 Å². The van der Waals surface area contributed by atoms with E-state index in [1.165, 1.54) is 30.5 Å². The molecule has 4 aromatic rings. The van der Waals surface area contributed by atoms with Gasteiger partial charge >= 0.3 is 0 Å². The summed E-state index contributed by atoms with van der Waals surface area (Å²) in [4.78, 5) is 3.50. The monoisotopic (exact) mass is 464 g/mol. The molecule has 0 bridgehead atoms. The van der Waals surface area contributed by atoms with Crippen LogP contribution in [0.25, 0.3) is 11.0 Å². The lowest BCUT2D eigenvalue weighted by molar-refractivity contribution is 0.418. The lowest BCUT2D eigenvalue weighted by Gasteiger charge is -2.33. The number of anilines is 2. The molecule has 1 fully saturated rings. The minimum absolute atomic E-state index is 0.569. The van der Waals surface area contributed by atoms with Crippen LogP contribution in [0, 0.1) is 0 Å². The van der Waals surface area contributed by atoms with Gasteiger partial charge in [0.05, 0.1) is 13.7 Å². The molecule has 33 heavy (non-hydrogen) atoms. The van der Waals surface area contributed by atoms with Crippen LogP contribution in [0.4, 0.5) is 11.5 Å². The third kappa shape index (κ3) is 4.79. The van der Waals surface area contributed by atoms with E-state index in [1.54, 1.807) is 13.3 Å². The van der Waals surface area contributed by atoms with Crippen LogP contribution in [0.3, 0.4) is 0 Å². The molecule has 5 rings (SSSR count). The van der Waals surface area contributed by atoms with Crippen LogP contribution in [0.1, 0.15) is 18.4 Å². The lowest BCUT2D eigenvalue weighted by Crippen LogP contribution is -2.41. The second-order valence-corrected chi connectivity index (χ2v) is 9.08. The molecule has 0 saturated carbocycles. The quantitative estimate of drug-likeness (QED) is 0.372. The molecule has 0 atom stereocenters. The van der Waals surface area contributed by atoms with Crippen molar-refractivity contribution in [1.82, 2.24) is 20.3 Å². The Balaban J connectivity index is 1.32. The first kappa shape index (κ1) is 21.7. The molecular formula is C24H28N6O2S. The Hall–Kier alpha value is -3.17. The number of benzene rings is 2. The maximum atomic E-state index is 5.67. The van der Waals surface area contributed by atoms with Gasteiger partial charge in [0, 0.05) is 36.1 Å². The van der Waals surface area contributed by atoms with E-state index in [0.29, 0.717) is 24.0 Å². The number of aromatic nitrogens is 3. The molecule has 0 radical (unpaired) electrons. The average molecular weight is 465 g/mol. The van der Waals surface area contributed by atoms with E-state index in [1.807, 2.05) is 29.1 Å². The Morgan fingerprint density at radius 2 is 2.12 bits per heavy atom. The Bertz CT molecular complexity index is 1200. The van der Waals surface area contributed by atoms with Crippen LogP contribution in [-0.2, 0) is 6.54 Å². The molecule has 0 amide bonds. The normalized spacial score (nSPS) is 14.5. The van der Waals surface area contributed by atoms with Gasteiger partial charge in [-0.1, -0.05) is 11.2 Å². The van der Waals surface area contributed by atoms with E-state index in [-0.39, 0.29) is 0 Å². The number of nitrogens with one attached hydrogen (secondary N) is 2. The largest absolute Gasteiger partial charge is 0.496 e. The van der Waals surface area contributed by atoms with Crippen LogP contribution in [0.5, 0.6) is 5.75 Å². The topological polar surface area (TPSA) is 80.4 Å². The van der Waals surface area contributed by atoms with Crippen molar-refractivity contribution in [1.29, 1.82) is 0 Å². The summed E-state index contributed by atoms with van der Waals surface area (Å²) in [6.45, 7) is 2.79. The van der Waals surface area contributed by atoms with Crippen molar-refractivity contribution in [2.75, 3.05) is 36.9 Å². The number of rotatable bonds is 8. The van der Waals surface area contributed by atoms with Crippen molar-refractivity contribution in [2.24, 2.45) is 0 Å².